The average molecular weight is 210 g/mol. The Morgan fingerprint density at radius 1 is 1.43 bits per heavy atom. The van der Waals surface area contributed by atoms with Crippen molar-refractivity contribution in [2.45, 2.75) is 45.2 Å². The molecule has 2 rings (SSSR count). The zero-order chi connectivity index (χ0) is 9.80. The lowest BCUT2D eigenvalue weighted by Crippen LogP contribution is -2.31. The molecule has 1 aromatic heterocycles. The van der Waals surface area contributed by atoms with E-state index < -0.39 is 0 Å². The molecule has 0 radical (unpaired) electrons. The van der Waals surface area contributed by atoms with E-state index in [1.165, 1.54) is 30.6 Å². The van der Waals surface area contributed by atoms with Gasteiger partial charge >= 0.3 is 0 Å². The van der Waals surface area contributed by atoms with Crippen molar-refractivity contribution in [1.29, 1.82) is 0 Å². The van der Waals surface area contributed by atoms with Gasteiger partial charge < -0.3 is 5.32 Å². The largest absolute Gasteiger partial charge is 0.309 e. The topological polar surface area (TPSA) is 24.9 Å². The summed E-state index contributed by atoms with van der Waals surface area (Å²) in [7, 11) is 0. The molecule has 1 aromatic rings. The molecular weight excluding hydrogens is 192 g/mol. The van der Waals surface area contributed by atoms with E-state index in [1.807, 2.05) is 11.7 Å². The third-order valence-electron chi connectivity index (χ3n) is 3.06. The summed E-state index contributed by atoms with van der Waals surface area (Å²) in [5.74, 6) is 0.941. The summed E-state index contributed by atoms with van der Waals surface area (Å²) < 4.78 is 0. The third kappa shape index (κ3) is 2.79. The van der Waals surface area contributed by atoms with Crippen LogP contribution in [0.4, 0.5) is 0 Å². The lowest BCUT2D eigenvalue weighted by atomic mass is 9.87. The second-order valence-electron chi connectivity index (χ2n) is 4.31. The van der Waals surface area contributed by atoms with Crippen LogP contribution in [0.1, 0.15) is 37.5 Å². The van der Waals surface area contributed by atoms with Gasteiger partial charge in [0.15, 0.2) is 0 Å². The minimum absolute atomic E-state index is 0.744. The molecule has 1 heterocycles. The molecule has 1 saturated carbocycles. The summed E-state index contributed by atoms with van der Waals surface area (Å²) in [5, 5.41) is 3.61. The van der Waals surface area contributed by atoms with Gasteiger partial charge in [-0.1, -0.05) is 6.92 Å². The maximum atomic E-state index is 4.08. The monoisotopic (exact) mass is 210 g/mol. The fourth-order valence-electron chi connectivity index (χ4n) is 2.04. The fraction of sp³-hybridized carbons (Fsp3) is 0.727. The number of hydrogen-bond acceptors (Lipinski definition) is 3. The van der Waals surface area contributed by atoms with E-state index in [-0.39, 0.29) is 0 Å². The fourth-order valence-corrected chi connectivity index (χ4v) is 2.58. The van der Waals surface area contributed by atoms with Crippen LogP contribution in [0, 0.1) is 5.92 Å². The van der Waals surface area contributed by atoms with Crippen LogP contribution < -0.4 is 5.32 Å². The SMILES string of the molecule is CC1CCC(NCc2cncs2)CC1. The molecule has 2 nitrogen and oxygen atoms in total. The van der Waals surface area contributed by atoms with Gasteiger partial charge in [0.1, 0.15) is 0 Å². The van der Waals surface area contributed by atoms with E-state index >= 15 is 0 Å². The highest BCUT2D eigenvalue weighted by Crippen LogP contribution is 2.23. The van der Waals surface area contributed by atoms with E-state index in [1.54, 1.807) is 11.3 Å². The molecule has 1 aliphatic rings. The summed E-state index contributed by atoms with van der Waals surface area (Å²) in [6, 6.07) is 0.744. The normalized spacial score (nSPS) is 27.8. The van der Waals surface area contributed by atoms with Gasteiger partial charge in [0.2, 0.25) is 0 Å². The summed E-state index contributed by atoms with van der Waals surface area (Å²) in [6.45, 7) is 3.36. The Kier molecular flexibility index (Phi) is 3.54. The van der Waals surface area contributed by atoms with Gasteiger partial charge in [0.05, 0.1) is 5.51 Å². The highest BCUT2D eigenvalue weighted by atomic mass is 32.1. The molecule has 3 heteroatoms. The Labute approximate surface area is 89.8 Å². The zero-order valence-electron chi connectivity index (χ0n) is 8.70. The molecule has 1 aliphatic carbocycles. The van der Waals surface area contributed by atoms with Gasteiger partial charge in [-0.3, -0.25) is 4.98 Å². The maximum absolute atomic E-state index is 4.08. The summed E-state index contributed by atoms with van der Waals surface area (Å²) >= 11 is 1.74. The predicted molar refractivity (Wildman–Crippen MR) is 60.4 cm³/mol. The Bertz CT molecular complexity index is 250. The Balaban J connectivity index is 1.71. The van der Waals surface area contributed by atoms with E-state index in [9.17, 15) is 0 Å². The van der Waals surface area contributed by atoms with Gasteiger partial charge in [0.25, 0.3) is 0 Å². The summed E-state index contributed by atoms with van der Waals surface area (Å²) in [6.07, 6.45) is 7.43. The molecule has 0 spiro atoms. The van der Waals surface area contributed by atoms with Crippen molar-refractivity contribution < 1.29 is 0 Å². The molecule has 1 N–H and O–H groups in total. The van der Waals surface area contributed by atoms with Gasteiger partial charge in [-0.05, 0) is 31.6 Å². The number of nitrogens with zero attached hydrogens (tertiary/aromatic N) is 1. The lowest BCUT2D eigenvalue weighted by Gasteiger charge is -2.26. The van der Waals surface area contributed by atoms with Gasteiger partial charge in [-0.15, -0.1) is 11.3 Å². The average Bonchev–Trinajstić information content (AvgIpc) is 2.70. The molecular formula is C11H18N2S. The highest BCUT2D eigenvalue weighted by molar-refractivity contribution is 7.09. The first kappa shape index (κ1) is 10.1. The number of aromatic nitrogens is 1. The molecule has 0 bridgehead atoms. The molecule has 78 valence electrons. The van der Waals surface area contributed by atoms with E-state index in [0.29, 0.717) is 0 Å². The smallest absolute Gasteiger partial charge is 0.0794 e. The van der Waals surface area contributed by atoms with Crippen LogP contribution in [-0.2, 0) is 6.54 Å². The van der Waals surface area contributed by atoms with Crippen LogP contribution in [0.3, 0.4) is 0 Å². The van der Waals surface area contributed by atoms with Crippen molar-refractivity contribution in [3.63, 3.8) is 0 Å². The van der Waals surface area contributed by atoms with Gasteiger partial charge in [0, 0.05) is 23.7 Å². The third-order valence-corrected chi connectivity index (χ3v) is 3.84. The molecule has 0 amide bonds. The van der Waals surface area contributed by atoms with Gasteiger partial charge in [-0.2, -0.15) is 0 Å². The van der Waals surface area contributed by atoms with Crippen LogP contribution in [-0.4, -0.2) is 11.0 Å². The second-order valence-corrected chi connectivity index (χ2v) is 5.28. The van der Waals surface area contributed by atoms with Crippen molar-refractivity contribution in [2.24, 2.45) is 5.92 Å². The van der Waals surface area contributed by atoms with E-state index in [4.69, 9.17) is 0 Å². The van der Waals surface area contributed by atoms with Crippen LogP contribution in [0.15, 0.2) is 11.7 Å². The van der Waals surface area contributed by atoms with Crippen molar-refractivity contribution in [3.05, 3.63) is 16.6 Å². The second kappa shape index (κ2) is 4.89. The maximum Gasteiger partial charge on any atom is 0.0794 e. The minimum atomic E-state index is 0.744. The summed E-state index contributed by atoms with van der Waals surface area (Å²) in [5.41, 5.74) is 1.90. The molecule has 0 aliphatic heterocycles. The quantitative estimate of drug-likeness (QED) is 0.830. The molecule has 1 fully saturated rings. The molecule has 0 atom stereocenters. The first-order chi connectivity index (χ1) is 6.84. The van der Waals surface area contributed by atoms with Gasteiger partial charge in [-0.25, -0.2) is 0 Å². The minimum Gasteiger partial charge on any atom is -0.309 e. The van der Waals surface area contributed by atoms with Crippen molar-refractivity contribution in [2.75, 3.05) is 0 Å². The highest BCUT2D eigenvalue weighted by Gasteiger charge is 2.17. The standard InChI is InChI=1S/C11H18N2S/c1-9-2-4-10(5-3-9)13-7-11-6-12-8-14-11/h6,8-10,13H,2-5,7H2,1H3. The first-order valence-corrected chi connectivity index (χ1v) is 6.33. The van der Waals surface area contributed by atoms with Crippen LogP contribution in [0.5, 0.6) is 0 Å². The molecule has 0 saturated heterocycles. The molecule has 0 aromatic carbocycles. The summed E-state index contributed by atoms with van der Waals surface area (Å²) in [4.78, 5) is 5.43. The van der Waals surface area contributed by atoms with Crippen LogP contribution >= 0.6 is 11.3 Å². The van der Waals surface area contributed by atoms with Crippen molar-refractivity contribution >= 4 is 11.3 Å². The number of thiazole rings is 1. The number of nitrogens with one attached hydrogen (secondary N) is 1. The van der Waals surface area contributed by atoms with Crippen molar-refractivity contribution in [1.82, 2.24) is 10.3 Å². The first-order valence-electron chi connectivity index (χ1n) is 5.45. The van der Waals surface area contributed by atoms with Crippen LogP contribution in [0.2, 0.25) is 0 Å². The predicted octanol–water partition coefficient (Wildman–Crippen LogP) is 2.81. The van der Waals surface area contributed by atoms with E-state index in [0.717, 1.165) is 18.5 Å². The van der Waals surface area contributed by atoms with E-state index in [2.05, 4.69) is 17.2 Å². The number of hydrogen-bond donors (Lipinski definition) is 1. The lowest BCUT2D eigenvalue weighted by molar-refractivity contribution is 0.307. The van der Waals surface area contributed by atoms with Crippen LogP contribution in [0.25, 0.3) is 0 Å². The number of rotatable bonds is 3. The molecule has 14 heavy (non-hydrogen) atoms. The van der Waals surface area contributed by atoms with Crippen molar-refractivity contribution in [3.8, 4) is 0 Å². The Morgan fingerprint density at radius 3 is 2.86 bits per heavy atom. The Hall–Kier alpha value is -0.410. The zero-order valence-corrected chi connectivity index (χ0v) is 9.52. The Morgan fingerprint density at radius 2 is 2.21 bits per heavy atom. The molecule has 0 unspecified atom stereocenters.